The second kappa shape index (κ2) is 12.9. The lowest BCUT2D eigenvalue weighted by Gasteiger charge is -2.34. The van der Waals surface area contributed by atoms with Gasteiger partial charge in [0.15, 0.2) is 11.9 Å². The van der Waals surface area contributed by atoms with E-state index in [1.54, 1.807) is 23.1 Å². The Bertz CT molecular complexity index is 1410. The Morgan fingerprint density at radius 3 is 2.54 bits per heavy atom. The van der Waals surface area contributed by atoms with Crippen molar-refractivity contribution in [2.75, 3.05) is 18.1 Å². The van der Waals surface area contributed by atoms with Crippen LogP contribution in [0.2, 0.25) is 5.02 Å². The van der Waals surface area contributed by atoms with Crippen LogP contribution >= 0.6 is 11.6 Å². The number of amides is 2. The molecule has 1 heterocycles. The summed E-state index contributed by atoms with van der Waals surface area (Å²) in [6.07, 6.45) is -0.492. The molecule has 4 rings (SSSR count). The molecular formula is C30H32ClN3O7. The molecule has 0 fully saturated rings. The van der Waals surface area contributed by atoms with Crippen LogP contribution in [0.25, 0.3) is 0 Å². The summed E-state index contributed by atoms with van der Waals surface area (Å²) in [4.78, 5) is 37.6. The number of ether oxygens (including phenoxy) is 3. The van der Waals surface area contributed by atoms with Gasteiger partial charge in [-0.2, -0.15) is 0 Å². The topological polar surface area (TPSA) is 120 Å². The van der Waals surface area contributed by atoms with Crippen molar-refractivity contribution in [1.29, 1.82) is 0 Å². The predicted molar refractivity (Wildman–Crippen MR) is 155 cm³/mol. The highest BCUT2D eigenvalue weighted by atomic mass is 35.5. The quantitative estimate of drug-likeness (QED) is 0.227. The molecule has 3 aromatic carbocycles. The highest BCUT2D eigenvalue weighted by Gasteiger charge is 2.35. The average Bonchev–Trinajstić information content (AvgIpc) is 2.90. The third-order valence-electron chi connectivity index (χ3n) is 6.14. The Morgan fingerprint density at radius 1 is 1.10 bits per heavy atom. The summed E-state index contributed by atoms with van der Waals surface area (Å²) in [5.74, 6) is 0.599. The molecule has 1 N–H and O–H groups in total. The molecule has 41 heavy (non-hydrogen) atoms. The molecule has 1 unspecified atom stereocenters. The normalized spacial score (nSPS) is 14.6. The van der Waals surface area contributed by atoms with Crippen LogP contribution in [0.3, 0.4) is 0 Å². The summed E-state index contributed by atoms with van der Waals surface area (Å²) in [7, 11) is 0. The first-order chi connectivity index (χ1) is 19.5. The molecule has 0 saturated carbocycles. The first kappa shape index (κ1) is 29.7. The van der Waals surface area contributed by atoms with Gasteiger partial charge in [-0.1, -0.05) is 35.9 Å². The van der Waals surface area contributed by atoms with Crippen molar-refractivity contribution in [3.8, 4) is 11.5 Å². The third kappa shape index (κ3) is 8.34. The van der Waals surface area contributed by atoms with Crippen molar-refractivity contribution in [3.63, 3.8) is 0 Å². The highest BCUT2D eigenvalue weighted by molar-refractivity contribution is 6.30. The lowest BCUT2D eigenvalue weighted by molar-refractivity contribution is -0.384. The van der Waals surface area contributed by atoms with Gasteiger partial charge >= 0.3 is 6.09 Å². The van der Waals surface area contributed by atoms with Gasteiger partial charge in [0.25, 0.3) is 11.6 Å². The van der Waals surface area contributed by atoms with Crippen LogP contribution in [0.1, 0.15) is 38.3 Å². The summed E-state index contributed by atoms with van der Waals surface area (Å²) in [5.41, 5.74) is 1.60. The fourth-order valence-corrected chi connectivity index (χ4v) is 4.47. The Kier molecular flexibility index (Phi) is 9.34. The van der Waals surface area contributed by atoms with Gasteiger partial charge in [0, 0.05) is 24.1 Å². The molecule has 10 nitrogen and oxygen atoms in total. The molecule has 0 aromatic heterocycles. The molecule has 0 radical (unpaired) electrons. The zero-order valence-electron chi connectivity index (χ0n) is 23.1. The van der Waals surface area contributed by atoms with E-state index in [-0.39, 0.29) is 36.9 Å². The van der Waals surface area contributed by atoms with E-state index in [0.29, 0.717) is 29.4 Å². The van der Waals surface area contributed by atoms with Gasteiger partial charge in [-0.25, -0.2) is 4.79 Å². The molecule has 11 heteroatoms. The largest absolute Gasteiger partial charge is 0.493 e. The van der Waals surface area contributed by atoms with E-state index >= 15 is 0 Å². The Hall–Kier alpha value is -4.31. The fraction of sp³-hybridized carbons (Fsp3) is 0.333. The predicted octanol–water partition coefficient (Wildman–Crippen LogP) is 6.08. The number of non-ortho nitro benzene ring substituents is 1. The Balaban J connectivity index is 1.36. The Labute approximate surface area is 243 Å². The number of nitrogens with zero attached hydrogens (tertiary/aromatic N) is 2. The number of halogens is 1. The molecule has 0 aliphatic carbocycles. The summed E-state index contributed by atoms with van der Waals surface area (Å²) in [6.45, 7) is 6.28. The van der Waals surface area contributed by atoms with Crippen molar-refractivity contribution < 1.29 is 28.7 Å². The van der Waals surface area contributed by atoms with E-state index in [1.165, 1.54) is 18.2 Å². The minimum absolute atomic E-state index is 0.128. The van der Waals surface area contributed by atoms with Crippen molar-refractivity contribution in [1.82, 2.24) is 5.32 Å². The lowest BCUT2D eigenvalue weighted by atomic mass is 10.1. The van der Waals surface area contributed by atoms with Crippen LogP contribution in [0.5, 0.6) is 11.5 Å². The molecule has 0 spiro atoms. The van der Waals surface area contributed by atoms with E-state index in [0.717, 1.165) is 11.1 Å². The van der Waals surface area contributed by atoms with Crippen LogP contribution in [-0.2, 0) is 22.5 Å². The van der Waals surface area contributed by atoms with Gasteiger partial charge in [0.2, 0.25) is 0 Å². The number of nitrogens with one attached hydrogen (secondary N) is 1. The van der Waals surface area contributed by atoms with E-state index < -0.39 is 22.7 Å². The lowest BCUT2D eigenvalue weighted by Crippen LogP contribution is -2.46. The van der Waals surface area contributed by atoms with Gasteiger partial charge in [0.05, 0.1) is 29.8 Å². The molecular weight excluding hydrogens is 550 g/mol. The number of benzene rings is 3. The first-order valence-electron chi connectivity index (χ1n) is 13.2. The van der Waals surface area contributed by atoms with E-state index in [9.17, 15) is 19.7 Å². The second-order valence-electron chi connectivity index (χ2n) is 10.5. The molecule has 2 amide bonds. The van der Waals surface area contributed by atoms with Gasteiger partial charge in [-0.05, 0) is 68.7 Å². The maximum Gasteiger partial charge on any atom is 0.407 e. The SMILES string of the molecule is CC(C)(C)OC(=O)NCCc1ccc(OCCC2Oc3cc([N+](=O)[O-])ccc3N(Cc3cccc(Cl)c3)C2=O)cc1. The second-order valence-corrected chi connectivity index (χ2v) is 11.0. The molecule has 0 saturated heterocycles. The standard InChI is InChI=1S/C30H32ClN3O7/c1-30(2,3)41-29(36)32-15-13-20-7-10-24(11-8-20)39-16-14-26-28(35)33(19-21-5-4-6-22(31)17-21)25-12-9-23(34(37)38)18-27(25)40-26/h4-12,17-18,26H,13-16,19H2,1-3H3,(H,32,36). The molecule has 1 aliphatic heterocycles. The summed E-state index contributed by atoms with van der Waals surface area (Å²) in [5, 5.41) is 14.6. The molecule has 3 aromatic rings. The molecule has 0 bridgehead atoms. The van der Waals surface area contributed by atoms with Crippen LogP contribution in [0, 0.1) is 10.1 Å². The van der Waals surface area contributed by atoms with Gasteiger partial charge in [0.1, 0.15) is 11.4 Å². The smallest absolute Gasteiger partial charge is 0.407 e. The van der Waals surface area contributed by atoms with Crippen LogP contribution < -0.4 is 19.7 Å². The number of nitro groups is 1. The van der Waals surface area contributed by atoms with E-state index in [2.05, 4.69) is 5.32 Å². The minimum atomic E-state index is -0.887. The van der Waals surface area contributed by atoms with Crippen molar-refractivity contribution in [2.45, 2.75) is 51.9 Å². The van der Waals surface area contributed by atoms with Gasteiger partial charge < -0.3 is 24.4 Å². The fourth-order valence-electron chi connectivity index (χ4n) is 4.25. The monoisotopic (exact) mass is 581 g/mol. The zero-order valence-corrected chi connectivity index (χ0v) is 23.8. The number of nitro benzene ring substituents is 1. The van der Waals surface area contributed by atoms with Crippen molar-refractivity contribution in [2.24, 2.45) is 0 Å². The summed E-state index contributed by atoms with van der Waals surface area (Å²) in [6, 6.07) is 18.8. The molecule has 1 atom stereocenters. The first-order valence-corrected chi connectivity index (χ1v) is 13.6. The number of carbonyl (C=O) groups excluding carboxylic acids is 2. The van der Waals surface area contributed by atoms with E-state index in [1.807, 2.05) is 51.1 Å². The maximum absolute atomic E-state index is 13.4. The minimum Gasteiger partial charge on any atom is -0.493 e. The number of carbonyl (C=O) groups is 2. The number of fused-ring (bicyclic) bond motifs is 1. The number of hydrogen-bond acceptors (Lipinski definition) is 7. The number of alkyl carbamates (subject to hydrolysis) is 1. The van der Waals surface area contributed by atoms with Crippen LogP contribution in [-0.4, -0.2) is 41.8 Å². The highest BCUT2D eigenvalue weighted by Crippen LogP contribution is 2.38. The average molecular weight is 582 g/mol. The third-order valence-corrected chi connectivity index (χ3v) is 6.37. The van der Waals surface area contributed by atoms with Crippen molar-refractivity contribution in [3.05, 3.63) is 93.0 Å². The summed E-state index contributed by atoms with van der Waals surface area (Å²) >= 11 is 6.14. The number of hydrogen-bond donors (Lipinski definition) is 1. The number of rotatable bonds is 10. The Morgan fingerprint density at radius 2 is 1.85 bits per heavy atom. The van der Waals surface area contributed by atoms with Crippen LogP contribution in [0.15, 0.2) is 66.7 Å². The van der Waals surface area contributed by atoms with Gasteiger partial charge in [-0.3, -0.25) is 14.9 Å². The maximum atomic E-state index is 13.4. The zero-order chi connectivity index (χ0) is 29.6. The molecule has 216 valence electrons. The van der Waals surface area contributed by atoms with Crippen LogP contribution in [0.4, 0.5) is 16.2 Å². The number of anilines is 1. The molecule has 1 aliphatic rings. The summed E-state index contributed by atoms with van der Waals surface area (Å²) < 4.78 is 17.0. The van der Waals surface area contributed by atoms with Crippen molar-refractivity contribution >= 4 is 35.0 Å². The van der Waals surface area contributed by atoms with Gasteiger partial charge in [-0.15, -0.1) is 0 Å². The van der Waals surface area contributed by atoms with E-state index in [4.69, 9.17) is 25.8 Å².